The zero-order valence-electron chi connectivity index (χ0n) is 14.3. The van der Waals surface area contributed by atoms with E-state index in [1.165, 1.54) is 29.4 Å². The van der Waals surface area contributed by atoms with Crippen molar-refractivity contribution in [2.75, 3.05) is 32.7 Å². The fraction of sp³-hybridized carbons (Fsp3) is 0.533. The highest BCUT2D eigenvalue weighted by Crippen LogP contribution is 2.31. The van der Waals surface area contributed by atoms with Crippen LogP contribution in [0.5, 0.6) is 0 Å². The standard InChI is InChI=1S/C15H18Cl2F3N3O3S/c1-10(14(24)21-9-15(18,19)20)22-5-7-23(8-6-22)27(25,26)12-4-2-3-11(16)13(12)17/h2-4,10H,5-9H2,1H3,(H,21,24). The van der Waals surface area contributed by atoms with Crippen molar-refractivity contribution in [1.29, 1.82) is 0 Å². The van der Waals surface area contributed by atoms with Crippen LogP contribution in [-0.4, -0.2) is 68.5 Å². The maximum Gasteiger partial charge on any atom is 0.405 e. The van der Waals surface area contributed by atoms with Crippen LogP contribution in [0.3, 0.4) is 0 Å². The van der Waals surface area contributed by atoms with Crippen LogP contribution in [0.2, 0.25) is 10.0 Å². The Morgan fingerprint density at radius 1 is 1.22 bits per heavy atom. The summed E-state index contributed by atoms with van der Waals surface area (Å²) in [5, 5.41) is 1.88. The Morgan fingerprint density at radius 3 is 2.37 bits per heavy atom. The van der Waals surface area contributed by atoms with E-state index < -0.39 is 34.7 Å². The van der Waals surface area contributed by atoms with Gasteiger partial charge in [0.15, 0.2) is 0 Å². The molecule has 1 aromatic rings. The molecule has 1 heterocycles. The number of amides is 1. The van der Waals surface area contributed by atoms with Crippen LogP contribution in [0.4, 0.5) is 13.2 Å². The Kier molecular flexibility index (Phi) is 7.01. The molecule has 6 nitrogen and oxygen atoms in total. The minimum absolute atomic E-state index is 0.0681. The van der Waals surface area contributed by atoms with E-state index in [-0.39, 0.29) is 41.1 Å². The summed E-state index contributed by atoms with van der Waals surface area (Å²) in [4.78, 5) is 13.4. The minimum Gasteiger partial charge on any atom is -0.346 e. The van der Waals surface area contributed by atoms with E-state index in [2.05, 4.69) is 0 Å². The first-order valence-electron chi connectivity index (χ1n) is 7.96. The number of nitrogens with zero attached hydrogens (tertiary/aromatic N) is 2. The third kappa shape index (κ3) is 5.47. The molecule has 1 aliphatic rings. The molecule has 0 aliphatic carbocycles. The van der Waals surface area contributed by atoms with Crippen LogP contribution in [0.25, 0.3) is 0 Å². The molecule has 1 N–H and O–H groups in total. The van der Waals surface area contributed by atoms with E-state index in [0.717, 1.165) is 0 Å². The molecule has 1 fully saturated rings. The van der Waals surface area contributed by atoms with Gasteiger partial charge in [-0.05, 0) is 19.1 Å². The molecule has 1 amide bonds. The summed E-state index contributed by atoms with van der Waals surface area (Å²) >= 11 is 11.9. The lowest BCUT2D eigenvalue weighted by Gasteiger charge is -2.36. The molecule has 12 heteroatoms. The molecule has 1 aliphatic heterocycles. The predicted octanol–water partition coefficient (Wildman–Crippen LogP) is 2.37. The van der Waals surface area contributed by atoms with Crippen LogP contribution in [0.15, 0.2) is 23.1 Å². The number of piperazine rings is 1. The van der Waals surface area contributed by atoms with Crippen LogP contribution in [-0.2, 0) is 14.8 Å². The molecule has 0 bridgehead atoms. The molecule has 27 heavy (non-hydrogen) atoms. The van der Waals surface area contributed by atoms with Gasteiger partial charge in [-0.1, -0.05) is 29.3 Å². The van der Waals surface area contributed by atoms with Gasteiger partial charge >= 0.3 is 6.18 Å². The van der Waals surface area contributed by atoms with Gasteiger partial charge in [-0.15, -0.1) is 0 Å². The summed E-state index contributed by atoms with van der Waals surface area (Å²) in [7, 11) is -3.87. The molecular formula is C15H18Cl2F3N3O3S. The van der Waals surface area contributed by atoms with Gasteiger partial charge < -0.3 is 5.32 Å². The Balaban J connectivity index is 2.00. The van der Waals surface area contributed by atoms with E-state index in [0.29, 0.717) is 0 Å². The van der Waals surface area contributed by atoms with Gasteiger partial charge in [0.1, 0.15) is 11.4 Å². The topological polar surface area (TPSA) is 69.7 Å². The number of carbonyl (C=O) groups is 1. The summed E-state index contributed by atoms with van der Waals surface area (Å²) < 4.78 is 63.3. The summed E-state index contributed by atoms with van der Waals surface area (Å²) in [6.07, 6.45) is -4.49. The average Bonchev–Trinajstić information content (AvgIpc) is 2.60. The van der Waals surface area contributed by atoms with Crippen molar-refractivity contribution in [2.24, 2.45) is 0 Å². The second-order valence-corrected chi connectivity index (χ2v) is 8.69. The lowest BCUT2D eigenvalue weighted by molar-refractivity contribution is -0.141. The van der Waals surface area contributed by atoms with Gasteiger partial charge in [0, 0.05) is 26.2 Å². The lowest BCUT2D eigenvalue weighted by Crippen LogP contribution is -2.55. The molecule has 1 aromatic carbocycles. The van der Waals surface area contributed by atoms with Gasteiger partial charge in [-0.3, -0.25) is 9.69 Å². The quantitative estimate of drug-likeness (QED) is 0.751. The SMILES string of the molecule is CC(C(=O)NCC(F)(F)F)N1CCN(S(=O)(=O)c2cccc(Cl)c2Cl)CC1. The number of benzene rings is 1. The molecular weight excluding hydrogens is 430 g/mol. The number of hydrogen-bond donors (Lipinski definition) is 1. The average molecular weight is 448 g/mol. The first-order chi connectivity index (χ1) is 12.4. The second-order valence-electron chi connectivity index (χ2n) is 6.00. The van der Waals surface area contributed by atoms with E-state index in [1.54, 1.807) is 4.90 Å². The maximum absolute atomic E-state index is 12.7. The third-order valence-corrected chi connectivity index (χ3v) is 7.07. The van der Waals surface area contributed by atoms with Crippen molar-refractivity contribution in [3.63, 3.8) is 0 Å². The smallest absolute Gasteiger partial charge is 0.346 e. The minimum atomic E-state index is -4.49. The summed E-state index contributed by atoms with van der Waals surface area (Å²) in [5.41, 5.74) is 0. The molecule has 2 rings (SSSR count). The largest absolute Gasteiger partial charge is 0.405 e. The number of sulfonamides is 1. The van der Waals surface area contributed by atoms with Gasteiger partial charge in [-0.2, -0.15) is 17.5 Å². The highest BCUT2D eigenvalue weighted by Gasteiger charge is 2.34. The van der Waals surface area contributed by atoms with Crippen LogP contribution < -0.4 is 5.32 Å². The Bertz CT molecular complexity index is 797. The van der Waals surface area contributed by atoms with Gasteiger partial charge in [-0.25, -0.2) is 8.42 Å². The Labute approximate surface area is 165 Å². The van der Waals surface area contributed by atoms with Crippen LogP contribution in [0.1, 0.15) is 6.92 Å². The normalized spacial score (nSPS) is 18.3. The zero-order valence-corrected chi connectivity index (χ0v) is 16.6. The molecule has 0 aromatic heterocycles. The number of rotatable bonds is 5. The number of halogens is 5. The molecule has 1 unspecified atom stereocenters. The number of nitrogens with one attached hydrogen (secondary N) is 1. The number of alkyl halides is 3. The molecule has 1 saturated heterocycles. The fourth-order valence-corrected chi connectivity index (χ4v) is 4.81. The van der Waals surface area contributed by atoms with E-state index in [9.17, 15) is 26.4 Å². The second kappa shape index (κ2) is 8.52. The van der Waals surface area contributed by atoms with Crippen molar-refractivity contribution in [3.8, 4) is 0 Å². The molecule has 0 saturated carbocycles. The van der Waals surface area contributed by atoms with Crippen molar-refractivity contribution >= 4 is 39.1 Å². The molecule has 1 atom stereocenters. The first-order valence-corrected chi connectivity index (χ1v) is 10.2. The predicted molar refractivity (Wildman–Crippen MR) is 95.3 cm³/mol. The summed E-state index contributed by atoms with van der Waals surface area (Å²) in [6.45, 7) is 0.599. The Morgan fingerprint density at radius 2 is 1.81 bits per heavy atom. The number of carbonyl (C=O) groups excluding carboxylic acids is 1. The number of hydrogen-bond acceptors (Lipinski definition) is 4. The first kappa shape index (κ1) is 22.2. The molecule has 0 radical (unpaired) electrons. The third-order valence-electron chi connectivity index (χ3n) is 4.20. The molecule has 0 spiro atoms. The van der Waals surface area contributed by atoms with Crippen molar-refractivity contribution in [1.82, 2.24) is 14.5 Å². The lowest BCUT2D eigenvalue weighted by atomic mass is 10.2. The van der Waals surface area contributed by atoms with E-state index >= 15 is 0 Å². The van der Waals surface area contributed by atoms with Gasteiger partial charge in [0.25, 0.3) is 0 Å². The molecule has 152 valence electrons. The summed E-state index contributed by atoms with van der Waals surface area (Å²) in [5.74, 6) is -0.762. The van der Waals surface area contributed by atoms with Crippen molar-refractivity contribution in [2.45, 2.75) is 24.0 Å². The van der Waals surface area contributed by atoms with E-state index in [4.69, 9.17) is 23.2 Å². The zero-order chi connectivity index (χ0) is 20.4. The highest BCUT2D eigenvalue weighted by atomic mass is 35.5. The van der Waals surface area contributed by atoms with E-state index in [1.807, 2.05) is 5.32 Å². The fourth-order valence-electron chi connectivity index (χ4n) is 2.65. The maximum atomic E-state index is 12.7. The van der Waals surface area contributed by atoms with Crippen molar-refractivity contribution < 1.29 is 26.4 Å². The monoisotopic (exact) mass is 447 g/mol. The summed E-state index contributed by atoms with van der Waals surface area (Å²) in [6, 6.07) is 3.49. The van der Waals surface area contributed by atoms with Gasteiger partial charge in [0.2, 0.25) is 15.9 Å². The van der Waals surface area contributed by atoms with Crippen LogP contribution >= 0.6 is 23.2 Å². The van der Waals surface area contributed by atoms with Crippen LogP contribution in [0, 0.1) is 0 Å². The Hall–Kier alpha value is -1.07. The van der Waals surface area contributed by atoms with Crippen molar-refractivity contribution in [3.05, 3.63) is 28.2 Å². The highest BCUT2D eigenvalue weighted by molar-refractivity contribution is 7.89. The van der Waals surface area contributed by atoms with Gasteiger partial charge in [0.05, 0.1) is 16.1 Å².